The first-order valence-electron chi connectivity index (χ1n) is 5.12. The number of amides is 2. The molecule has 0 radical (unpaired) electrons. The van der Waals surface area contributed by atoms with Gasteiger partial charge in [-0.3, -0.25) is 19.9 Å². The second-order valence-corrected chi connectivity index (χ2v) is 3.56. The van der Waals surface area contributed by atoms with Crippen LogP contribution in [0, 0.1) is 0 Å². The van der Waals surface area contributed by atoms with Gasteiger partial charge in [-0.2, -0.15) is 0 Å². The number of nitrogens with one attached hydrogen (secondary N) is 2. The Bertz CT molecular complexity index is 387. The minimum absolute atomic E-state index is 0.147. The van der Waals surface area contributed by atoms with E-state index in [9.17, 15) is 9.59 Å². The van der Waals surface area contributed by atoms with Gasteiger partial charge in [0.1, 0.15) is 5.69 Å². The van der Waals surface area contributed by atoms with Crippen molar-refractivity contribution in [1.29, 1.82) is 0 Å². The van der Waals surface area contributed by atoms with Gasteiger partial charge in [-0.15, -0.1) is 0 Å². The largest absolute Gasteiger partial charge is 0.306 e. The molecule has 0 saturated carbocycles. The molecule has 16 heavy (non-hydrogen) atoms. The Morgan fingerprint density at radius 3 is 2.94 bits per heavy atom. The smallest absolute Gasteiger partial charge is 0.278 e. The van der Waals surface area contributed by atoms with Crippen LogP contribution >= 0.6 is 0 Å². The summed E-state index contributed by atoms with van der Waals surface area (Å²) in [7, 11) is 0. The maximum atomic E-state index is 11.6. The van der Waals surface area contributed by atoms with Crippen molar-refractivity contribution >= 4 is 11.8 Å². The normalized spacial score (nSPS) is 19.4. The Kier molecular flexibility index (Phi) is 3.21. The van der Waals surface area contributed by atoms with E-state index in [1.165, 1.54) is 18.6 Å². The Morgan fingerprint density at radius 1 is 1.44 bits per heavy atom. The van der Waals surface area contributed by atoms with Crippen molar-refractivity contribution in [2.45, 2.75) is 18.9 Å². The second kappa shape index (κ2) is 4.80. The predicted octanol–water partition coefficient (Wildman–Crippen LogP) is -0.515. The first-order valence-corrected chi connectivity index (χ1v) is 5.12. The first kappa shape index (κ1) is 10.7. The van der Waals surface area contributed by atoms with E-state index in [1.807, 2.05) is 0 Å². The van der Waals surface area contributed by atoms with Crippen molar-refractivity contribution < 1.29 is 9.59 Å². The number of nitrogens with zero attached hydrogens (tertiary/aromatic N) is 2. The Hall–Kier alpha value is -1.82. The number of imide groups is 1. The van der Waals surface area contributed by atoms with Crippen LogP contribution < -0.4 is 10.6 Å². The molecule has 2 heterocycles. The van der Waals surface area contributed by atoms with Crippen LogP contribution in [0.1, 0.15) is 23.3 Å². The molecule has 0 spiro atoms. The fourth-order valence-corrected chi connectivity index (χ4v) is 1.59. The van der Waals surface area contributed by atoms with E-state index in [-0.39, 0.29) is 17.6 Å². The maximum Gasteiger partial charge on any atom is 0.278 e. The van der Waals surface area contributed by atoms with E-state index >= 15 is 0 Å². The Morgan fingerprint density at radius 2 is 2.31 bits per heavy atom. The van der Waals surface area contributed by atoms with Crippen LogP contribution in [0.15, 0.2) is 18.6 Å². The summed E-state index contributed by atoms with van der Waals surface area (Å²) in [4.78, 5) is 30.7. The number of carbonyl (C=O) groups excluding carboxylic acids is 2. The highest BCUT2D eigenvalue weighted by Gasteiger charge is 2.24. The highest BCUT2D eigenvalue weighted by atomic mass is 16.2. The molecule has 1 aromatic rings. The molecule has 84 valence electrons. The van der Waals surface area contributed by atoms with E-state index in [2.05, 4.69) is 20.6 Å². The van der Waals surface area contributed by atoms with Gasteiger partial charge in [-0.1, -0.05) is 0 Å². The van der Waals surface area contributed by atoms with Crippen LogP contribution in [0.5, 0.6) is 0 Å². The van der Waals surface area contributed by atoms with Crippen molar-refractivity contribution in [3.63, 3.8) is 0 Å². The van der Waals surface area contributed by atoms with Crippen LogP contribution in [0.4, 0.5) is 0 Å². The van der Waals surface area contributed by atoms with Crippen LogP contribution in [-0.4, -0.2) is 34.4 Å². The van der Waals surface area contributed by atoms with Crippen LogP contribution in [0.2, 0.25) is 0 Å². The molecule has 1 fully saturated rings. The second-order valence-electron chi connectivity index (χ2n) is 3.56. The van der Waals surface area contributed by atoms with Gasteiger partial charge in [0.15, 0.2) is 0 Å². The third-order valence-corrected chi connectivity index (χ3v) is 2.41. The monoisotopic (exact) mass is 220 g/mol. The molecule has 2 amide bonds. The summed E-state index contributed by atoms with van der Waals surface area (Å²) in [6, 6.07) is -0.263. The molecule has 6 heteroatoms. The minimum atomic E-state index is -0.508. The van der Waals surface area contributed by atoms with Gasteiger partial charge < -0.3 is 5.32 Å². The number of hydrogen-bond donors (Lipinski definition) is 2. The standard InChI is InChI=1S/C10H12N4O2/c15-9(7-2-1-3-12-7)14-10(16)8-6-11-4-5-13-8/h4-7,12H,1-3H2,(H,14,15,16)/t7-/m0/s1. The molecule has 6 nitrogen and oxygen atoms in total. The lowest BCUT2D eigenvalue weighted by atomic mass is 10.2. The molecule has 0 unspecified atom stereocenters. The van der Waals surface area contributed by atoms with Gasteiger partial charge in [-0.05, 0) is 19.4 Å². The summed E-state index contributed by atoms with van der Waals surface area (Å²) in [5.74, 6) is -0.806. The van der Waals surface area contributed by atoms with E-state index < -0.39 is 5.91 Å². The van der Waals surface area contributed by atoms with Crippen molar-refractivity contribution in [3.8, 4) is 0 Å². The predicted molar refractivity (Wildman–Crippen MR) is 55.5 cm³/mol. The minimum Gasteiger partial charge on any atom is -0.306 e. The summed E-state index contributed by atoms with van der Waals surface area (Å²) >= 11 is 0. The molecule has 1 aliphatic heterocycles. The highest BCUT2D eigenvalue weighted by Crippen LogP contribution is 2.04. The third-order valence-electron chi connectivity index (χ3n) is 2.41. The van der Waals surface area contributed by atoms with E-state index in [1.54, 1.807) is 0 Å². The van der Waals surface area contributed by atoms with Crippen molar-refractivity contribution in [2.75, 3.05) is 6.54 Å². The number of carbonyl (C=O) groups is 2. The molecular weight excluding hydrogens is 208 g/mol. The zero-order valence-corrected chi connectivity index (χ0v) is 8.64. The van der Waals surface area contributed by atoms with E-state index in [0.717, 1.165) is 19.4 Å². The lowest BCUT2D eigenvalue weighted by Crippen LogP contribution is -2.43. The first-order chi connectivity index (χ1) is 7.77. The zero-order valence-electron chi connectivity index (χ0n) is 8.64. The third kappa shape index (κ3) is 2.40. The summed E-state index contributed by atoms with van der Waals surface area (Å²) in [5, 5.41) is 5.31. The molecule has 1 aromatic heterocycles. The van der Waals surface area contributed by atoms with Crippen molar-refractivity contribution in [1.82, 2.24) is 20.6 Å². The number of rotatable bonds is 2. The SMILES string of the molecule is O=C(NC(=O)[C@@H]1CCCN1)c1cnccn1. The molecule has 0 bridgehead atoms. The summed E-state index contributed by atoms with van der Waals surface area (Å²) in [6.07, 6.45) is 5.92. The van der Waals surface area contributed by atoms with Crippen molar-refractivity contribution in [3.05, 3.63) is 24.3 Å². The number of hydrogen-bond acceptors (Lipinski definition) is 5. The van der Waals surface area contributed by atoms with Crippen molar-refractivity contribution in [2.24, 2.45) is 0 Å². The quantitative estimate of drug-likeness (QED) is 0.655. The summed E-state index contributed by atoms with van der Waals surface area (Å²) in [6.45, 7) is 0.817. The van der Waals surface area contributed by atoms with Crippen LogP contribution in [0.25, 0.3) is 0 Å². The van der Waals surface area contributed by atoms with Gasteiger partial charge in [0.25, 0.3) is 5.91 Å². The molecule has 0 aliphatic carbocycles. The van der Waals surface area contributed by atoms with Gasteiger partial charge in [0, 0.05) is 12.4 Å². The van der Waals surface area contributed by atoms with E-state index in [4.69, 9.17) is 0 Å². The Balaban J connectivity index is 1.94. The van der Waals surface area contributed by atoms with Crippen LogP contribution in [0.3, 0.4) is 0 Å². The van der Waals surface area contributed by atoms with E-state index in [0.29, 0.717) is 0 Å². The molecule has 1 saturated heterocycles. The molecule has 1 aliphatic rings. The lowest BCUT2D eigenvalue weighted by Gasteiger charge is -2.09. The molecular formula is C10H12N4O2. The summed E-state index contributed by atoms with van der Waals surface area (Å²) < 4.78 is 0. The average molecular weight is 220 g/mol. The summed E-state index contributed by atoms with van der Waals surface area (Å²) in [5.41, 5.74) is 0.147. The van der Waals surface area contributed by atoms with Gasteiger partial charge >= 0.3 is 0 Å². The Labute approximate surface area is 92.5 Å². The van der Waals surface area contributed by atoms with Crippen LogP contribution in [-0.2, 0) is 4.79 Å². The molecule has 2 N–H and O–H groups in total. The maximum absolute atomic E-state index is 11.6. The zero-order chi connectivity index (χ0) is 11.4. The topological polar surface area (TPSA) is 84.0 Å². The lowest BCUT2D eigenvalue weighted by molar-refractivity contribution is -0.121. The molecule has 2 rings (SSSR count). The fraction of sp³-hybridized carbons (Fsp3) is 0.400. The van der Waals surface area contributed by atoms with Gasteiger partial charge in [0.05, 0.1) is 12.2 Å². The fourth-order valence-electron chi connectivity index (χ4n) is 1.59. The van der Waals surface area contributed by atoms with Gasteiger partial charge in [0.2, 0.25) is 5.91 Å². The number of aromatic nitrogens is 2. The molecule has 1 atom stereocenters. The average Bonchev–Trinajstić information content (AvgIpc) is 2.83. The van der Waals surface area contributed by atoms with Gasteiger partial charge in [-0.25, -0.2) is 4.98 Å². The highest BCUT2D eigenvalue weighted by molar-refractivity contribution is 6.04. The molecule has 0 aromatic carbocycles.